The molecule has 380 valence electrons. The van der Waals surface area contributed by atoms with E-state index >= 15 is 0 Å². The first-order chi connectivity index (χ1) is 36.2. The van der Waals surface area contributed by atoms with Gasteiger partial charge in [-0.25, -0.2) is 0 Å². The molecule has 9 rings (SSSR count). The van der Waals surface area contributed by atoms with E-state index < -0.39 is 61.4 Å². The van der Waals surface area contributed by atoms with E-state index in [1.165, 1.54) is 0 Å². The molecule has 0 N–H and O–H groups in total. The summed E-state index contributed by atoms with van der Waals surface area (Å²) in [5, 5.41) is 0. The lowest BCUT2D eigenvalue weighted by molar-refractivity contribution is -0.381. The van der Waals surface area contributed by atoms with Gasteiger partial charge in [0.05, 0.1) is 59.5 Å². The van der Waals surface area contributed by atoms with Crippen molar-refractivity contribution in [2.45, 2.75) is 108 Å². The van der Waals surface area contributed by atoms with Crippen molar-refractivity contribution in [1.82, 2.24) is 0 Å². The Morgan fingerprint density at radius 3 is 0.863 bits per heavy atom. The van der Waals surface area contributed by atoms with Gasteiger partial charge in [0, 0.05) is 7.11 Å². The van der Waals surface area contributed by atoms with Crippen LogP contribution in [0.5, 0.6) is 0 Å². The predicted octanol–water partition coefficient (Wildman–Crippen LogP) is 10.8. The maximum absolute atomic E-state index is 7.40. The molecular weight excluding hydrogens is 921 g/mol. The Labute approximate surface area is 429 Å². The Morgan fingerprint density at radius 1 is 0.288 bits per heavy atom. The van der Waals surface area contributed by atoms with E-state index in [-0.39, 0.29) is 46.2 Å². The highest BCUT2D eigenvalue weighted by atomic mass is 16.8. The van der Waals surface area contributed by atoms with Crippen LogP contribution in [-0.4, -0.2) is 81.7 Å². The number of ether oxygens (including phenoxy) is 11. The SMILES string of the molecule is CO[C@H]1O[C@H](COCc2ccccc2)[C@@H](OCc2ccccc2)[C@H](OCc2ccccc2)[C@@H]1OC1O[C@H](COCc2ccccc2)[C@@H](OCc2ccccc2)[C@H](OCc2ccccc2)[C@@H]1OCc1ccccc1. The van der Waals surface area contributed by atoms with Gasteiger partial charge in [-0.05, 0) is 38.9 Å². The molecule has 2 saturated heterocycles. The van der Waals surface area contributed by atoms with Gasteiger partial charge in [-0.2, -0.15) is 0 Å². The molecule has 0 aromatic heterocycles. The first kappa shape index (κ1) is 52.0. The first-order valence-electron chi connectivity index (χ1n) is 25.2. The van der Waals surface area contributed by atoms with E-state index in [2.05, 4.69) is 0 Å². The third-order valence-corrected chi connectivity index (χ3v) is 12.9. The van der Waals surface area contributed by atoms with E-state index in [0.717, 1.165) is 38.9 Å². The van der Waals surface area contributed by atoms with Crippen LogP contribution in [0.15, 0.2) is 212 Å². The van der Waals surface area contributed by atoms with E-state index in [0.29, 0.717) is 13.2 Å². The van der Waals surface area contributed by atoms with Gasteiger partial charge in [0.2, 0.25) is 0 Å². The predicted molar refractivity (Wildman–Crippen MR) is 276 cm³/mol. The summed E-state index contributed by atoms with van der Waals surface area (Å²) >= 11 is 0. The molecule has 0 spiro atoms. The van der Waals surface area contributed by atoms with Gasteiger partial charge in [0.25, 0.3) is 0 Å². The van der Waals surface area contributed by atoms with E-state index in [9.17, 15) is 0 Å². The third-order valence-electron chi connectivity index (χ3n) is 12.9. The fourth-order valence-corrected chi connectivity index (χ4v) is 9.15. The minimum absolute atomic E-state index is 0.150. The average Bonchev–Trinajstić information content (AvgIpc) is 3.45. The van der Waals surface area contributed by atoms with Gasteiger partial charge >= 0.3 is 0 Å². The van der Waals surface area contributed by atoms with Crippen LogP contribution in [0.25, 0.3) is 0 Å². The van der Waals surface area contributed by atoms with Crippen LogP contribution in [-0.2, 0) is 98.4 Å². The van der Waals surface area contributed by atoms with Crippen LogP contribution >= 0.6 is 0 Å². The van der Waals surface area contributed by atoms with Crippen molar-refractivity contribution in [1.29, 1.82) is 0 Å². The lowest BCUT2D eigenvalue weighted by Gasteiger charge is -2.50. The maximum atomic E-state index is 7.40. The molecule has 0 radical (unpaired) electrons. The molecule has 2 heterocycles. The molecule has 73 heavy (non-hydrogen) atoms. The summed E-state index contributed by atoms with van der Waals surface area (Å²) < 4.78 is 75.8. The van der Waals surface area contributed by atoms with Gasteiger partial charge in [-0.3, -0.25) is 0 Å². The van der Waals surface area contributed by atoms with Crippen molar-refractivity contribution >= 4 is 0 Å². The summed E-state index contributed by atoms with van der Waals surface area (Å²) in [5.74, 6) is 0. The second-order valence-electron chi connectivity index (χ2n) is 18.2. The lowest BCUT2D eigenvalue weighted by Crippen LogP contribution is -2.66. The normalized spacial score (nSPS) is 24.0. The van der Waals surface area contributed by atoms with Gasteiger partial charge in [-0.1, -0.05) is 212 Å². The molecule has 7 aromatic carbocycles. The fraction of sp³-hybridized carbons (Fsp3) is 0.323. The Bertz CT molecular complexity index is 2560. The van der Waals surface area contributed by atoms with Crippen molar-refractivity contribution in [3.63, 3.8) is 0 Å². The van der Waals surface area contributed by atoms with Gasteiger partial charge < -0.3 is 52.1 Å². The maximum Gasteiger partial charge on any atom is 0.187 e. The van der Waals surface area contributed by atoms with Crippen LogP contribution in [0.1, 0.15) is 38.9 Å². The topological polar surface area (TPSA) is 102 Å². The van der Waals surface area contributed by atoms with Gasteiger partial charge in [-0.15, -0.1) is 0 Å². The molecule has 11 heteroatoms. The third kappa shape index (κ3) is 15.3. The zero-order chi connectivity index (χ0) is 49.7. The molecule has 2 aliphatic rings. The Kier molecular flexibility index (Phi) is 19.9. The van der Waals surface area contributed by atoms with Crippen molar-refractivity contribution in [2.75, 3.05) is 20.3 Å². The minimum atomic E-state index is -1.10. The molecule has 1 unspecified atom stereocenters. The second kappa shape index (κ2) is 28.0. The van der Waals surface area contributed by atoms with Crippen molar-refractivity contribution < 1.29 is 52.1 Å². The molecular formula is C62H66O11. The largest absolute Gasteiger partial charge is 0.374 e. The van der Waals surface area contributed by atoms with E-state index in [1.54, 1.807) is 7.11 Å². The second-order valence-corrected chi connectivity index (χ2v) is 18.2. The monoisotopic (exact) mass is 986 g/mol. The molecule has 7 aromatic rings. The molecule has 2 aliphatic heterocycles. The summed E-state index contributed by atoms with van der Waals surface area (Å²) in [4.78, 5) is 0. The van der Waals surface area contributed by atoms with Crippen LogP contribution in [0.2, 0.25) is 0 Å². The number of methoxy groups -OCH3 is 1. The molecule has 0 amide bonds. The molecule has 2 fully saturated rings. The quantitative estimate of drug-likeness (QED) is 0.0518. The highest BCUT2D eigenvalue weighted by Gasteiger charge is 2.54. The standard InChI is InChI=1S/C62H66O11/c1-63-61-60(58(69-42-51-33-19-7-20-34-51)56(67-40-49-29-15-5-16-30-49)53(71-61)44-64-37-46-23-9-2-10-24-46)73-62-59(70-43-52-35-21-8-22-36-52)57(68-41-50-31-17-6-18-32-50)55(66-39-48-27-13-4-14-28-48)54(72-62)45-65-38-47-25-11-3-12-26-47/h2-36,53-62H,37-45H2,1H3/t53-,54-,55-,56-,57+,58+,59+,60+,61+,62?/m1/s1. The van der Waals surface area contributed by atoms with Gasteiger partial charge in [0.15, 0.2) is 12.6 Å². The van der Waals surface area contributed by atoms with Crippen molar-refractivity contribution in [3.05, 3.63) is 251 Å². The van der Waals surface area contributed by atoms with Crippen molar-refractivity contribution in [2.24, 2.45) is 0 Å². The fourth-order valence-electron chi connectivity index (χ4n) is 9.15. The number of benzene rings is 7. The Balaban J connectivity index is 1.09. The average molecular weight is 987 g/mol. The number of hydrogen-bond donors (Lipinski definition) is 0. The van der Waals surface area contributed by atoms with Gasteiger partial charge in [0.1, 0.15) is 48.8 Å². The van der Waals surface area contributed by atoms with Crippen LogP contribution in [0, 0.1) is 0 Å². The van der Waals surface area contributed by atoms with Crippen LogP contribution in [0.4, 0.5) is 0 Å². The Morgan fingerprint density at radius 2 is 0.548 bits per heavy atom. The molecule has 0 saturated carbocycles. The van der Waals surface area contributed by atoms with Crippen LogP contribution in [0.3, 0.4) is 0 Å². The lowest BCUT2D eigenvalue weighted by atomic mass is 9.96. The highest BCUT2D eigenvalue weighted by Crippen LogP contribution is 2.37. The highest BCUT2D eigenvalue weighted by molar-refractivity contribution is 5.19. The molecule has 0 bridgehead atoms. The number of hydrogen-bond acceptors (Lipinski definition) is 11. The number of rotatable bonds is 26. The summed E-state index contributed by atoms with van der Waals surface area (Å²) in [6, 6.07) is 70.4. The van der Waals surface area contributed by atoms with E-state index in [1.807, 2.05) is 212 Å². The van der Waals surface area contributed by atoms with Crippen molar-refractivity contribution in [3.8, 4) is 0 Å². The summed E-state index contributed by atoms with van der Waals surface area (Å²) in [6.45, 7) is 2.38. The minimum Gasteiger partial charge on any atom is -0.374 e. The first-order valence-corrected chi connectivity index (χ1v) is 25.2. The smallest absolute Gasteiger partial charge is 0.187 e. The van der Waals surface area contributed by atoms with E-state index in [4.69, 9.17) is 52.1 Å². The summed E-state index contributed by atoms with van der Waals surface area (Å²) in [6.07, 6.45) is -8.11. The Hall–Kier alpha value is -5.90. The molecule has 11 nitrogen and oxygen atoms in total. The molecule has 0 aliphatic carbocycles. The summed E-state index contributed by atoms with van der Waals surface area (Å²) in [7, 11) is 1.60. The van der Waals surface area contributed by atoms with Crippen LogP contribution < -0.4 is 0 Å². The summed E-state index contributed by atoms with van der Waals surface area (Å²) in [5.41, 5.74) is 6.97. The zero-order valence-corrected chi connectivity index (χ0v) is 41.3. The zero-order valence-electron chi connectivity index (χ0n) is 41.3. The molecule has 10 atom stereocenters.